The van der Waals surface area contributed by atoms with Crippen LogP contribution in [0.2, 0.25) is 0 Å². The van der Waals surface area contributed by atoms with Crippen molar-refractivity contribution in [1.29, 1.82) is 0 Å². The lowest BCUT2D eigenvalue weighted by atomic mass is 9.95. The molecule has 0 aromatic heterocycles. The molecule has 1 saturated heterocycles. The molecule has 2 aliphatic rings. The van der Waals surface area contributed by atoms with Gasteiger partial charge in [0.2, 0.25) is 6.41 Å². The van der Waals surface area contributed by atoms with Crippen LogP contribution in [0.25, 0.3) is 0 Å². The first-order valence-electron chi connectivity index (χ1n) is 6.00. The number of hydrogen-bond donors (Lipinski definition) is 1. The third kappa shape index (κ3) is 2.92. The van der Waals surface area contributed by atoms with Crippen LogP contribution in [0.4, 0.5) is 0 Å². The predicted molar refractivity (Wildman–Crippen MR) is 59.3 cm³/mol. The van der Waals surface area contributed by atoms with Gasteiger partial charge in [-0.25, -0.2) is 0 Å². The Balaban J connectivity index is 1.87. The average molecular weight is 213 g/mol. The van der Waals surface area contributed by atoms with Gasteiger partial charge >= 0.3 is 0 Å². The number of piperidine rings is 1. The molecule has 15 heavy (non-hydrogen) atoms. The first kappa shape index (κ1) is 11.4. The fourth-order valence-electron chi connectivity index (χ4n) is 2.41. The molecule has 1 aliphatic carbocycles. The van der Waals surface area contributed by atoms with E-state index in [0.717, 1.165) is 13.1 Å². The summed E-state index contributed by atoms with van der Waals surface area (Å²) in [6, 6.07) is 0. The number of rotatable bonds is 2. The number of aliphatic hydroxyl groups is 1. The zero-order chi connectivity index (χ0) is 11.1. The van der Waals surface area contributed by atoms with Gasteiger partial charge < -0.3 is 9.84 Å². The van der Waals surface area contributed by atoms with Crippen LogP contribution in [-0.2, 0) is 4.74 Å². The van der Waals surface area contributed by atoms with Gasteiger partial charge in [-0.15, -0.1) is 0 Å². The van der Waals surface area contributed by atoms with Crippen LogP contribution in [0.15, 0.2) is 0 Å². The first-order chi connectivity index (χ1) is 6.90. The largest absolute Gasteiger partial charge is 0.356 e. The number of aliphatic hydroxyl groups excluding tert-OH is 1. The highest BCUT2D eigenvalue weighted by Gasteiger charge is 2.46. The smallest absolute Gasteiger partial charge is 0.216 e. The molecule has 0 aromatic rings. The number of nitrogens with zero attached hydrogens (tertiary/aromatic N) is 1. The van der Waals surface area contributed by atoms with Gasteiger partial charge in [0.05, 0.1) is 5.60 Å². The topological polar surface area (TPSA) is 32.7 Å². The van der Waals surface area contributed by atoms with Crippen molar-refractivity contribution in [3.63, 3.8) is 0 Å². The lowest BCUT2D eigenvalue weighted by Gasteiger charge is -2.38. The SMILES string of the molecule is CC(C)(C)OC(O)N1CCCC2(CC2)C1. The molecule has 0 amide bonds. The van der Waals surface area contributed by atoms with Crippen molar-refractivity contribution in [1.82, 2.24) is 4.90 Å². The van der Waals surface area contributed by atoms with Crippen LogP contribution in [0, 0.1) is 5.41 Å². The molecule has 2 rings (SSSR count). The van der Waals surface area contributed by atoms with E-state index in [4.69, 9.17) is 4.74 Å². The first-order valence-corrected chi connectivity index (χ1v) is 6.00. The van der Waals surface area contributed by atoms with Crippen molar-refractivity contribution in [3.05, 3.63) is 0 Å². The molecule has 0 bridgehead atoms. The highest BCUT2D eigenvalue weighted by Crippen LogP contribution is 2.52. The molecule has 3 nitrogen and oxygen atoms in total. The van der Waals surface area contributed by atoms with E-state index in [1.807, 2.05) is 20.8 Å². The zero-order valence-electron chi connectivity index (χ0n) is 10.1. The molecule has 1 N–H and O–H groups in total. The second-order valence-electron chi connectivity index (χ2n) is 6.13. The summed E-state index contributed by atoms with van der Waals surface area (Å²) in [5.41, 5.74) is 0.272. The Bertz CT molecular complexity index is 230. The summed E-state index contributed by atoms with van der Waals surface area (Å²) in [6.07, 6.45) is 4.50. The van der Waals surface area contributed by atoms with Crippen molar-refractivity contribution < 1.29 is 9.84 Å². The van der Waals surface area contributed by atoms with Crippen molar-refractivity contribution in [2.75, 3.05) is 13.1 Å². The molecule has 3 heteroatoms. The minimum absolute atomic E-state index is 0.270. The molecule has 1 spiro atoms. The highest BCUT2D eigenvalue weighted by atomic mass is 16.6. The monoisotopic (exact) mass is 213 g/mol. The summed E-state index contributed by atoms with van der Waals surface area (Å²) < 4.78 is 5.58. The van der Waals surface area contributed by atoms with E-state index in [-0.39, 0.29) is 5.60 Å². The summed E-state index contributed by atoms with van der Waals surface area (Å²) in [5.74, 6) is 0. The Morgan fingerprint density at radius 1 is 1.27 bits per heavy atom. The molecule has 1 aliphatic heterocycles. The van der Waals surface area contributed by atoms with Crippen molar-refractivity contribution in [2.24, 2.45) is 5.41 Å². The van der Waals surface area contributed by atoms with Gasteiger partial charge in [0.25, 0.3) is 0 Å². The Kier molecular flexibility index (Phi) is 2.82. The Hall–Kier alpha value is -0.120. The van der Waals surface area contributed by atoms with Crippen LogP contribution in [0.1, 0.15) is 46.5 Å². The maximum atomic E-state index is 9.97. The van der Waals surface area contributed by atoms with Crippen LogP contribution in [-0.4, -0.2) is 35.1 Å². The second-order valence-corrected chi connectivity index (χ2v) is 6.13. The van der Waals surface area contributed by atoms with E-state index in [2.05, 4.69) is 4.90 Å². The Labute approximate surface area is 92.4 Å². The van der Waals surface area contributed by atoms with E-state index < -0.39 is 6.41 Å². The van der Waals surface area contributed by atoms with Crippen molar-refractivity contribution in [3.8, 4) is 0 Å². The van der Waals surface area contributed by atoms with Gasteiger partial charge in [-0.3, -0.25) is 4.90 Å². The number of ether oxygens (including phenoxy) is 1. The van der Waals surface area contributed by atoms with Gasteiger partial charge in [0.1, 0.15) is 0 Å². The summed E-state index contributed by atoms with van der Waals surface area (Å²) in [5, 5.41) is 9.97. The van der Waals surface area contributed by atoms with E-state index in [9.17, 15) is 5.11 Å². The maximum absolute atomic E-state index is 9.97. The van der Waals surface area contributed by atoms with Crippen LogP contribution in [0.5, 0.6) is 0 Å². The maximum Gasteiger partial charge on any atom is 0.216 e. The molecule has 88 valence electrons. The summed E-state index contributed by atoms with van der Waals surface area (Å²) in [4.78, 5) is 2.09. The van der Waals surface area contributed by atoms with Gasteiger partial charge in [-0.1, -0.05) is 0 Å². The normalized spacial score (nSPS) is 28.0. The van der Waals surface area contributed by atoms with Crippen molar-refractivity contribution in [2.45, 2.75) is 58.5 Å². The minimum atomic E-state index is -0.720. The third-order valence-electron chi connectivity index (χ3n) is 3.42. The van der Waals surface area contributed by atoms with Crippen LogP contribution in [0.3, 0.4) is 0 Å². The van der Waals surface area contributed by atoms with Crippen LogP contribution < -0.4 is 0 Å². The summed E-state index contributed by atoms with van der Waals surface area (Å²) >= 11 is 0. The molecule has 1 heterocycles. The molecule has 1 saturated carbocycles. The van der Waals surface area contributed by atoms with Crippen LogP contribution >= 0.6 is 0 Å². The Morgan fingerprint density at radius 2 is 1.93 bits per heavy atom. The van der Waals surface area contributed by atoms with E-state index in [1.165, 1.54) is 25.7 Å². The summed E-state index contributed by atoms with van der Waals surface area (Å²) in [6.45, 7) is 7.93. The van der Waals surface area contributed by atoms with Gasteiger partial charge in [0.15, 0.2) is 0 Å². The quantitative estimate of drug-likeness (QED) is 0.712. The third-order valence-corrected chi connectivity index (χ3v) is 3.42. The van der Waals surface area contributed by atoms with E-state index >= 15 is 0 Å². The molecule has 0 radical (unpaired) electrons. The molecule has 1 atom stereocenters. The standard InChI is InChI=1S/C12H23NO2/c1-11(2,3)15-10(14)13-8-4-5-12(9-13)6-7-12/h10,14H,4-9H2,1-3H3. The zero-order valence-corrected chi connectivity index (χ0v) is 10.1. The molecule has 2 fully saturated rings. The second kappa shape index (κ2) is 3.72. The molecular weight excluding hydrogens is 190 g/mol. The molecular formula is C12H23NO2. The van der Waals surface area contributed by atoms with Gasteiger partial charge in [-0.2, -0.15) is 0 Å². The lowest BCUT2D eigenvalue weighted by molar-refractivity contribution is -0.246. The molecule has 0 aromatic carbocycles. The van der Waals surface area contributed by atoms with Gasteiger partial charge in [-0.05, 0) is 51.9 Å². The fraction of sp³-hybridized carbons (Fsp3) is 1.00. The van der Waals surface area contributed by atoms with Crippen molar-refractivity contribution >= 4 is 0 Å². The molecule has 1 unspecified atom stereocenters. The van der Waals surface area contributed by atoms with E-state index in [1.54, 1.807) is 0 Å². The number of hydrogen-bond acceptors (Lipinski definition) is 3. The highest BCUT2D eigenvalue weighted by molar-refractivity contribution is 4.97. The average Bonchev–Trinajstić information content (AvgIpc) is 2.82. The van der Waals surface area contributed by atoms with Gasteiger partial charge in [0, 0.05) is 13.1 Å². The van der Waals surface area contributed by atoms with E-state index in [0.29, 0.717) is 5.41 Å². The lowest BCUT2D eigenvalue weighted by Crippen LogP contribution is -2.47. The fourth-order valence-corrected chi connectivity index (χ4v) is 2.41. The Morgan fingerprint density at radius 3 is 2.47 bits per heavy atom. The summed E-state index contributed by atoms with van der Waals surface area (Å²) in [7, 11) is 0. The minimum Gasteiger partial charge on any atom is -0.356 e. The number of likely N-dealkylation sites (tertiary alicyclic amines) is 1. The predicted octanol–water partition coefficient (Wildman–Crippen LogP) is 1.95.